The van der Waals surface area contributed by atoms with E-state index in [-0.39, 0.29) is 12.0 Å². The van der Waals surface area contributed by atoms with E-state index in [1.54, 1.807) is 0 Å². The molecule has 0 unspecified atom stereocenters. The van der Waals surface area contributed by atoms with Gasteiger partial charge >= 0.3 is 6.18 Å². The molecule has 1 aliphatic rings. The zero-order valence-electron chi connectivity index (χ0n) is 19.6. The number of benzene rings is 3. The Morgan fingerprint density at radius 1 is 0.853 bits per heavy atom. The molecule has 0 spiro atoms. The SMILES string of the molecule is CCCc1ccc(-c2cc(COCC3(c4ccccc4)CCNCC3)cc(C(F)(F)F)c2)cc1. The Morgan fingerprint density at radius 3 is 2.21 bits per heavy atom. The van der Waals surface area contributed by atoms with Crippen molar-refractivity contribution in [3.8, 4) is 11.1 Å². The highest BCUT2D eigenvalue weighted by molar-refractivity contribution is 5.65. The fourth-order valence-corrected chi connectivity index (χ4v) is 4.84. The maximum absolute atomic E-state index is 13.7. The number of halogens is 3. The van der Waals surface area contributed by atoms with E-state index in [9.17, 15) is 13.2 Å². The number of aryl methyl sites for hydroxylation is 1. The van der Waals surface area contributed by atoms with Crippen molar-refractivity contribution in [3.63, 3.8) is 0 Å². The number of rotatable bonds is 8. The second kappa shape index (κ2) is 10.7. The molecule has 5 heteroatoms. The molecule has 0 amide bonds. The van der Waals surface area contributed by atoms with Gasteiger partial charge in [-0.05, 0) is 78.4 Å². The van der Waals surface area contributed by atoms with Gasteiger partial charge in [0.25, 0.3) is 0 Å². The van der Waals surface area contributed by atoms with Crippen LogP contribution < -0.4 is 5.32 Å². The van der Waals surface area contributed by atoms with Crippen molar-refractivity contribution < 1.29 is 17.9 Å². The molecule has 0 bridgehead atoms. The van der Waals surface area contributed by atoms with Crippen LogP contribution in [0, 0.1) is 0 Å². The minimum absolute atomic E-state index is 0.119. The summed E-state index contributed by atoms with van der Waals surface area (Å²) in [7, 11) is 0. The third kappa shape index (κ3) is 5.89. The van der Waals surface area contributed by atoms with Crippen molar-refractivity contribution in [3.05, 3.63) is 95.1 Å². The Kier molecular flexibility index (Phi) is 7.74. The van der Waals surface area contributed by atoms with Crippen LogP contribution in [0.15, 0.2) is 72.8 Å². The van der Waals surface area contributed by atoms with Gasteiger partial charge in [-0.3, -0.25) is 0 Å². The summed E-state index contributed by atoms with van der Waals surface area (Å²) in [5.74, 6) is 0. The third-order valence-corrected chi connectivity index (χ3v) is 6.74. The van der Waals surface area contributed by atoms with Crippen LogP contribution in [0.2, 0.25) is 0 Å². The van der Waals surface area contributed by atoms with Crippen LogP contribution in [-0.2, 0) is 29.4 Å². The molecule has 3 aromatic carbocycles. The number of hydrogen-bond acceptors (Lipinski definition) is 2. The Hall–Kier alpha value is -2.63. The molecule has 1 fully saturated rings. The molecular weight excluding hydrogens is 435 g/mol. The van der Waals surface area contributed by atoms with Crippen LogP contribution in [0.25, 0.3) is 11.1 Å². The highest BCUT2D eigenvalue weighted by atomic mass is 19.4. The quantitative estimate of drug-likeness (QED) is 0.379. The predicted molar refractivity (Wildman–Crippen MR) is 131 cm³/mol. The first-order valence-corrected chi connectivity index (χ1v) is 12.0. The Balaban J connectivity index is 1.55. The summed E-state index contributed by atoms with van der Waals surface area (Å²) in [6.07, 6.45) is -0.539. The van der Waals surface area contributed by atoms with Gasteiger partial charge in [-0.1, -0.05) is 67.9 Å². The number of hydrogen-bond donors (Lipinski definition) is 1. The first kappa shape index (κ1) is 24.5. The molecule has 180 valence electrons. The monoisotopic (exact) mass is 467 g/mol. The van der Waals surface area contributed by atoms with Gasteiger partial charge in [0.1, 0.15) is 0 Å². The van der Waals surface area contributed by atoms with E-state index in [4.69, 9.17) is 4.74 Å². The lowest BCUT2D eigenvalue weighted by atomic mass is 9.74. The van der Waals surface area contributed by atoms with E-state index in [1.807, 2.05) is 48.5 Å². The highest BCUT2D eigenvalue weighted by Gasteiger charge is 2.34. The summed E-state index contributed by atoms with van der Waals surface area (Å²) in [6, 6.07) is 22.4. The normalized spacial score (nSPS) is 15.9. The molecular formula is C29H32F3NO. The first-order valence-electron chi connectivity index (χ1n) is 12.0. The van der Waals surface area contributed by atoms with E-state index in [1.165, 1.54) is 23.3 Å². The highest BCUT2D eigenvalue weighted by Crippen LogP contribution is 2.36. The summed E-state index contributed by atoms with van der Waals surface area (Å²) in [6.45, 7) is 4.54. The van der Waals surface area contributed by atoms with E-state index < -0.39 is 11.7 Å². The zero-order valence-corrected chi connectivity index (χ0v) is 19.6. The van der Waals surface area contributed by atoms with Gasteiger partial charge in [-0.15, -0.1) is 0 Å². The maximum Gasteiger partial charge on any atom is 0.416 e. The van der Waals surface area contributed by atoms with Crippen LogP contribution in [0.3, 0.4) is 0 Å². The van der Waals surface area contributed by atoms with Gasteiger partial charge in [-0.2, -0.15) is 13.2 Å². The molecule has 34 heavy (non-hydrogen) atoms. The van der Waals surface area contributed by atoms with Crippen LogP contribution in [0.4, 0.5) is 13.2 Å². The molecule has 1 heterocycles. The third-order valence-electron chi connectivity index (χ3n) is 6.74. The van der Waals surface area contributed by atoms with Gasteiger partial charge in [0.2, 0.25) is 0 Å². The second-order valence-electron chi connectivity index (χ2n) is 9.25. The molecule has 0 atom stereocenters. The molecule has 1 aliphatic heterocycles. The summed E-state index contributed by atoms with van der Waals surface area (Å²) in [5, 5.41) is 3.40. The van der Waals surface area contributed by atoms with Gasteiger partial charge in [-0.25, -0.2) is 0 Å². The molecule has 2 nitrogen and oxygen atoms in total. The molecule has 1 saturated heterocycles. The smallest absolute Gasteiger partial charge is 0.376 e. The fraction of sp³-hybridized carbons (Fsp3) is 0.379. The van der Waals surface area contributed by atoms with Gasteiger partial charge < -0.3 is 10.1 Å². The van der Waals surface area contributed by atoms with Crippen LogP contribution in [-0.4, -0.2) is 19.7 Å². The Morgan fingerprint density at radius 2 is 1.56 bits per heavy atom. The molecule has 3 aromatic rings. The average Bonchev–Trinajstić information content (AvgIpc) is 2.85. The minimum Gasteiger partial charge on any atom is -0.376 e. The van der Waals surface area contributed by atoms with Crippen molar-refractivity contribution in [2.45, 2.75) is 50.8 Å². The summed E-state index contributed by atoms with van der Waals surface area (Å²) in [5.41, 5.74) is 3.55. The number of nitrogens with one attached hydrogen (secondary N) is 1. The zero-order chi connectivity index (χ0) is 24.0. The van der Waals surface area contributed by atoms with Crippen molar-refractivity contribution in [2.24, 2.45) is 0 Å². The Bertz CT molecular complexity index is 1050. The van der Waals surface area contributed by atoms with Gasteiger partial charge in [0.15, 0.2) is 0 Å². The molecule has 0 saturated carbocycles. The van der Waals surface area contributed by atoms with E-state index >= 15 is 0 Å². The summed E-state index contributed by atoms with van der Waals surface area (Å²) < 4.78 is 47.2. The van der Waals surface area contributed by atoms with Crippen LogP contribution in [0.1, 0.15) is 48.4 Å². The lowest BCUT2D eigenvalue weighted by Crippen LogP contribution is -2.43. The second-order valence-corrected chi connectivity index (χ2v) is 9.25. The lowest BCUT2D eigenvalue weighted by molar-refractivity contribution is -0.137. The van der Waals surface area contributed by atoms with E-state index in [2.05, 4.69) is 24.4 Å². The molecule has 4 rings (SSSR count). The van der Waals surface area contributed by atoms with Crippen LogP contribution in [0.5, 0.6) is 0 Å². The summed E-state index contributed by atoms with van der Waals surface area (Å²) >= 11 is 0. The van der Waals surface area contributed by atoms with Crippen molar-refractivity contribution in [1.82, 2.24) is 5.32 Å². The largest absolute Gasteiger partial charge is 0.416 e. The van der Waals surface area contributed by atoms with Crippen LogP contribution >= 0.6 is 0 Å². The molecule has 1 N–H and O–H groups in total. The number of piperidine rings is 1. The predicted octanol–water partition coefficient (Wildman–Crippen LogP) is 7.16. The van der Waals surface area contributed by atoms with Crippen molar-refractivity contribution >= 4 is 0 Å². The maximum atomic E-state index is 13.7. The van der Waals surface area contributed by atoms with Gasteiger partial charge in [0, 0.05) is 5.41 Å². The van der Waals surface area contributed by atoms with Crippen molar-refractivity contribution in [2.75, 3.05) is 19.7 Å². The fourth-order valence-electron chi connectivity index (χ4n) is 4.84. The molecule has 0 radical (unpaired) electrons. The number of ether oxygens (including phenoxy) is 1. The topological polar surface area (TPSA) is 21.3 Å². The minimum atomic E-state index is -4.41. The number of alkyl halides is 3. The first-order chi connectivity index (χ1) is 16.4. The lowest BCUT2D eigenvalue weighted by Gasteiger charge is -2.38. The van der Waals surface area contributed by atoms with Gasteiger partial charge in [0.05, 0.1) is 18.8 Å². The molecule has 0 aromatic heterocycles. The van der Waals surface area contributed by atoms with E-state index in [0.717, 1.165) is 44.3 Å². The average molecular weight is 468 g/mol. The van der Waals surface area contributed by atoms with Crippen molar-refractivity contribution in [1.29, 1.82) is 0 Å². The van der Waals surface area contributed by atoms with E-state index in [0.29, 0.717) is 17.7 Å². The molecule has 0 aliphatic carbocycles. The summed E-state index contributed by atoms with van der Waals surface area (Å²) in [4.78, 5) is 0. The standard InChI is InChI=1S/C29H32F3NO/c1-2-6-22-9-11-24(12-10-22)25-17-23(18-27(19-25)29(30,31)32)20-34-21-28(13-15-33-16-14-28)26-7-4-3-5-8-26/h3-5,7-12,17-19,33H,2,6,13-16,20-21H2,1H3. The Labute approximate surface area is 200 Å².